The van der Waals surface area contributed by atoms with E-state index in [9.17, 15) is 4.79 Å². The van der Waals surface area contributed by atoms with Crippen molar-refractivity contribution >= 4 is 22.3 Å². The Kier molecular flexibility index (Phi) is 3.34. The summed E-state index contributed by atoms with van der Waals surface area (Å²) in [4.78, 5) is 20.9. The SMILES string of the molecule is CCCC1CCN(c2cc3nc[nH]c(=O)c3cc2N)C1. The van der Waals surface area contributed by atoms with Gasteiger partial charge in [-0.25, -0.2) is 4.98 Å². The monoisotopic (exact) mass is 272 g/mol. The number of fused-ring (bicyclic) bond motifs is 1. The lowest BCUT2D eigenvalue weighted by atomic mass is 10.0. The van der Waals surface area contributed by atoms with E-state index < -0.39 is 0 Å². The van der Waals surface area contributed by atoms with Crippen LogP contribution in [0.15, 0.2) is 23.3 Å². The molecule has 1 fully saturated rings. The van der Waals surface area contributed by atoms with Crippen LogP contribution in [-0.2, 0) is 0 Å². The normalized spacial score (nSPS) is 18.9. The Morgan fingerprint density at radius 3 is 3.15 bits per heavy atom. The van der Waals surface area contributed by atoms with Crippen molar-refractivity contribution in [1.29, 1.82) is 0 Å². The first-order chi connectivity index (χ1) is 9.69. The van der Waals surface area contributed by atoms with Gasteiger partial charge in [0.2, 0.25) is 0 Å². The minimum Gasteiger partial charge on any atom is -0.397 e. The first kappa shape index (κ1) is 13.0. The Bertz CT molecular complexity index is 679. The van der Waals surface area contributed by atoms with Gasteiger partial charge >= 0.3 is 0 Å². The molecular formula is C15H20N4O. The van der Waals surface area contributed by atoms with E-state index in [0.717, 1.165) is 24.7 Å². The third-order valence-electron chi connectivity index (χ3n) is 4.11. The number of hydrogen-bond acceptors (Lipinski definition) is 4. The summed E-state index contributed by atoms with van der Waals surface area (Å²) in [7, 11) is 0. The molecule has 106 valence electrons. The number of nitrogen functional groups attached to an aromatic ring is 1. The molecule has 0 amide bonds. The Labute approximate surface area is 117 Å². The number of nitrogens with two attached hydrogens (primary N) is 1. The minimum atomic E-state index is -0.140. The summed E-state index contributed by atoms with van der Waals surface area (Å²) >= 11 is 0. The van der Waals surface area contributed by atoms with Gasteiger partial charge in [-0.1, -0.05) is 13.3 Å². The number of hydrogen-bond donors (Lipinski definition) is 2. The molecule has 0 aliphatic carbocycles. The number of aromatic amines is 1. The summed E-state index contributed by atoms with van der Waals surface area (Å²) in [5.41, 5.74) is 8.37. The predicted molar refractivity (Wildman–Crippen MR) is 82.0 cm³/mol. The lowest BCUT2D eigenvalue weighted by molar-refractivity contribution is 0.530. The van der Waals surface area contributed by atoms with Crippen molar-refractivity contribution in [3.05, 3.63) is 28.8 Å². The number of benzene rings is 1. The van der Waals surface area contributed by atoms with E-state index in [0.29, 0.717) is 16.6 Å². The first-order valence-corrected chi connectivity index (χ1v) is 7.21. The molecule has 0 radical (unpaired) electrons. The third-order valence-corrected chi connectivity index (χ3v) is 4.11. The lowest BCUT2D eigenvalue weighted by Gasteiger charge is -2.21. The highest BCUT2D eigenvalue weighted by Crippen LogP contribution is 2.32. The van der Waals surface area contributed by atoms with E-state index in [2.05, 4.69) is 21.8 Å². The molecule has 2 aromatic rings. The molecule has 3 rings (SSSR count). The van der Waals surface area contributed by atoms with Crippen LogP contribution in [0.3, 0.4) is 0 Å². The summed E-state index contributed by atoms with van der Waals surface area (Å²) < 4.78 is 0. The van der Waals surface area contributed by atoms with Gasteiger partial charge < -0.3 is 15.6 Å². The maximum atomic E-state index is 11.7. The standard InChI is InChI=1S/C15H20N4O/c1-2-3-10-4-5-19(8-10)14-7-13-11(6-12(14)16)15(20)18-9-17-13/h6-7,9-10H,2-5,8,16H2,1H3,(H,17,18,20). The number of aromatic nitrogens is 2. The molecule has 0 bridgehead atoms. The molecule has 1 aliphatic heterocycles. The van der Waals surface area contributed by atoms with Crippen LogP contribution < -0.4 is 16.2 Å². The molecule has 0 spiro atoms. The van der Waals surface area contributed by atoms with E-state index in [1.165, 1.54) is 25.6 Å². The van der Waals surface area contributed by atoms with Crippen LogP contribution in [0.4, 0.5) is 11.4 Å². The summed E-state index contributed by atoms with van der Waals surface area (Å²) in [6, 6.07) is 3.68. The zero-order valence-corrected chi connectivity index (χ0v) is 11.7. The molecule has 0 saturated carbocycles. The summed E-state index contributed by atoms with van der Waals surface area (Å²) in [5, 5.41) is 0.554. The maximum absolute atomic E-state index is 11.7. The van der Waals surface area contributed by atoms with E-state index in [1.807, 2.05) is 6.07 Å². The fraction of sp³-hybridized carbons (Fsp3) is 0.467. The summed E-state index contributed by atoms with van der Waals surface area (Å²) in [6.45, 7) is 4.31. The number of H-pyrrole nitrogens is 1. The Morgan fingerprint density at radius 1 is 1.50 bits per heavy atom. The van der Waals surface area contributed by atoms with Crippen molar-refractivity contribution in [2.75, 3.05) is 23.7 Å². The van der Waals surface area contributed by atoms with Crippen molar-refractivity contribution in [3.63, 3.8) is 0 Å². The molecule has 1 atom stereocenters. The van der Waals surface area contributed by atoms with E-state index in [1.54, 1.807) is 6.07 Å². The number of nitrogens with one attached hydrogen (secondary N) is 1. The second-order valence-electron chi connectivity index (χ2n) is 5.55. The smallest absolute Gasteiger partial charge is 0.258 e. The van der Waals surface area contributed by atoms with E-state index in [-0.39, 0.29) is 5.56 Å². The maximum Gasteiger partial charge on any atom is 0.258 e. The van der Waals surface area contributed by atoms with Gasteiger partial charge in [0, 0.05) is 13.1 Å². The average molecular weight is 272 g/mol. The molecule has 5 heteroatoms. The highest BCUT2D eigenvalue weighted by molar-refractivity contribution is 5.88. The van der Waals surface area contributed by atoms with Crippen LogP contribution in [0.25, 0.3) is 10.9 Å². The van der Waals surface area contributed by atoms with Gasteiger partial charge in [-0.3, -0.25) is 4.79 Å². The quantitative estimate of drug-likeness (QED) is 0.839. The van der Waals surface area contributed by atoms with Crippen LogP contribution in [0.5, 0.6) is 0 Å². The van der Waals surface area contributed by atoms with Crippen molar-refractivity contribution < 1.29 is 0 Å². The van der Waals surface area contributed by atoms with Gasteiger partial charge in [0.15, 0.2) is 0 Å². The highest BCUT2D eigenvalue weighted by Gasteiger charge is 2.23. The zero-order valence-electron chi connectivity index (χ0n) is 11.7. The van der Waals surface area contributed by atoms with Gasteiger partial charge in [0.1, 0.15) is 0 Å². The van der Waals surface area contributed by atoms with Gasteiger partial charge in [-0.15, -0.1) is 0 Å². The first-order valence-electron chi connectivity index (χ1n) is 7.21. The molecule has 20 heavy (non-hydrogen) atoms. The Hall–Kier alpha value is -2.04. The van der Waals surface area contributed by atoms with Gasteiger partial charge in [0.05, 0.1) is 28.6 Å². The Morgan fingerprint density at radius 2 is 2.35 bits per heavy atom. The molecule has 1 unspecified atom stereocenters. The molecule has 2 heterocycles. The number of rotatable bonds is 3. The lowest BCUT2D eigenvalue weighted by Crippen LogP contribution is -2.21. The number of nitrogens with zero attached hydrogens (tertiary/aromatic N) is 2. The minimum absolute atomic E-state index is 0.140. The summed E-state index contributed by atoms with van der Waals surface area (Å²) in [6.07, 6.45) is 5.15. The molecule has 1 saturated heterocycles. The molecule has 5 nitrogen and oxygen atoms in total. The van der Waals surface area contributed by atoms with Crippen LogP contribution >= 0.6 is 0 Å². The zero-order chi connectivity index (χ0) is 14.1. The molecule has 1 aromatic carbocycles. The fourth-order valence-electron chi connectivity index (χ4n) is 3.09. The van der Waals surface area contributed by atoms with Crippen LogP contribution in [0.1, 0.15) is 26.2 Å². The highest BCUT2D eigenvalue weighted by atomic mass is 16.1. The van der Waals surface area contributed by atoms with E-state index in [4.69, 9.17) is 5.73 Å². The van der Waals surface area contributed by atoms with E-state index >= 15 is 0 Å². The second kappa shape index (κ2) is 5.15. The van der Waals surface area contributed by atoms with Crippen molar-refractivity contribution in [3.8, 4) is 0 Å². The topological polar surface area (TPSA) is 75.0 Å². The molecule has 3 N–H and O–H groups in total. The second-order valence-corrected chi connectivity index (χ2v) is 5.55. The van der Waals surface area contributed by atoms with Crippen molar-refractivity contribution in [2.24, 2.45) is 5.92 Å². The Balaban J connectivity index is 1.96. The van der Waals surface area contributed by atoms with Crippen LogP contribution in [0.2, 0.25) is 0 Å². The molecule has 1 aliphatic rings. The average Bonchev–Trinajstić information content (AvgIpc) is 2.88. The molecular weight excluding hydrogens is 252 g/mol. The van der Waals surface area contributed by atoms with Crippen LogP contribution in [0, 0.1) is 5.92 Å². The number of anilines is 2. The van der Waals surface area contributed by atoms with Gasteiger partial charge in [-0.05, 0) is 30.9 Å². The van der Waals surface area contributed by atoms with Crippen molar-refractivity contribution in [1.82, 2.24) is 9.97 Å². The van der Waals surface area contributed by atoms with Gasteiger partial charge in [-0.2, -0.15) is 0 Å². The third kappa shape index (κ3) is 2.24. The fourth-order valence-corrected chi connectivity index (χ4v) is 3.09. The van der Waals surface area contributed by atoms with Crippen LogP contribution in [-0.4, -0.2) is 23.1 Å². The largest absolute Gasteiger partial charge is 0.397 e. The summed E-state index contributed by atoms with van der Waals surface area (Å²) in [5.74, 6) is 0.752. The molecule has 1 aromatic heterocycles. The van der Waals surface area contributed by atoms with Gasteiger partial charge in [0.25, 0.3) is 5.56 Å². The predicted octanol–water partition coefficient (Wildman–Crippen LogP) is 2.13. The van der Waals surface area contributed by atoms with Crippen molar-refractivity contribution in [2.45, 2.75) is 26.2 Å².